The molecular formula is C17H20ClNO. The van der Waals surface area contributed by atoms with E-state index in [2.05, 4.69) is 32.0 Å². The molecule has 2 rings (SSSR count). The van der Waals surface area contributed by atoms with Crippen LogP contribution in [0.2, 0.25) is 5.02 Å². The van der Waals surface area contributed by atoms with Gasteiger partial charge in [0.25, 0.3) is 0 Å². The summed E-state index contributed by atoms with van der Waals surface area (Å²) in [5.41, 5.74) is 9.93. The highest BCUT2D eigenvalue weighted by Crippen LogP contribution is 2.26. The van der Waals surface area contributed by atoms with Crippen molar-refractivity contribution < 1.29 is 4.74 Å². The molecule has 0 spiro atoms. The molecule has 106 valence electrons. The minimum atomic E-state index is 0.425. The van der Waals surface area contributed by atoms with Crippen LogP contribution in [0.4, 0.5) is 5.69 Å². The molecule has 0 saturated carbocycles. The first-order valence-electron chi connectivity index (χ1n) is 6.74. The van der Waals surface area contributed by atoms with E-state index in [1.807, 2.05) is 13.0 Å². The molecule has 0 unspecified atom stereocenters. The quantitative estimate of drug-likeness (QED) is 0.810. The number of nitrogen functional groups attached to an aromatic ring is 1. The van der Waals surface area contributed by atoms with Crippen LogP contribution in [0.5, 0.6) is 5.75 Å². The normalized spacial score (nSPS) is 10.8. The molecule has 2 aromatic rings. The van der Waals surface area contributed by atoms with Crippen molar-refractivity contribution in [2.24, 2.45) is 0 Å². The third kappa shape index (κ3) is 3.45. The van der Waals surface area contributed by atoms with Crippen LogP contribution in [0.15, 0.2) is 36.4 Å². The first kappa shape index (κ1) is 14.7. The summed E-state index contributed by atoms with van der Waals surface area (Å²) in [6.07, 6.45) is 0. The number of nitrogens with two attached hydrogens (primary N) is 1. The highest BCUT2D eigenvalue weighted by atomic mass is 35.5. The number of rotatable bonds is 4. The monoisotopic (exact) mass is 289 g/mol. The first-order valence-corrected chi connectivity index (χ1v) is 7.12. The fraction of sp³-hybridized carbons (Fsp3) is 0.294. The van der Waals surface area contributed by atoms with Gasteiger partial charge in [-0.3, -0.25) is 0 Å². The van der Waals surface area contributed by atoms with Crippen molar-refractivity contribution in [1.82, 2.24) is 0 Å². The average molecular weight is 290 g/mol. The Morgan fingerprint density at radius 2 is 1.90 bits per heavy atom. The fourth-order valence-electron chi connectivity index (χ4n) is 1.99. The summed E-state index contributed by atoms with van der Waals surface area (Å²) in [6, 6.07) is 11.8. The lowest BCUT2D eigenvalue weighted by Gasteiger charge is -2.14. The van der Waals surface area contributed by atoms with E-state index in [0.717, 1.165) is 16.9 Å². The summed E-state index contributed by atoms with van der Waals surface area (Å²) in [5.74, 6) is 1.38. The van der Waals surface area contributed by atoms with Gasteiger partial charge in [-0.2, -0.15) is 0 Å². The predicted octanol–water partition coefficient (Wildman–Crippen LogP) is 4.93. The Bertz CT molecular complexity index is 608. The van der Waals surface area contributed by atoms with E-state index in [4.69, 9.17) is 22.1 Å². The highest BCUT2D eigenvalue weighted by molar-refractivity contribution is 6.30. The molecule has 0 bridgehead atoms. The Morgan fingerprint density at radius 3 is 2.60 bits per heavy atom. The SMILES string of the molecule is Cc1ccc(C(C)C)cc1OCc1cc(Cl)ccc1N. The minimum absolute atomic E-state index is 0.425. The topological polar surface area (TPSA) is 35.2 Å². The van der Waals surface area contributed by atoms with Crippen molar-refractivity contribution in [3.05, 3.63) is 58.1 Å². The third-order valence-corrected chi connectivity index (χ3v) is 3.60. The first-order chi connectivity index (χ1) is 9.47. The number of aryl methyl sites for hydroxylation is 1. The van der Waals surface area contributed by atoms with Crippen molar-refractivity contribution in [2.45, 2.75) is 33.3 Å². The number of benzene rings is 2. The van der Waals surface area contributed by atoms with Crippen LogP contribution < -0.4 is 10.5 Å². The van der Waals surface area contributed by atoms with E-state index in [-0.39, 0.29) is 0 Å². The van der Waals surface area contributed by atoms with Gasteiger partial charge in [0.2, 0.25) is 0 Å². The second-order valence-corrected chi connectivity index (χ2v) is 5.75. The number of hydrogen-bond acceptors (Lipinski definition) is 2. The Kier molecular flexibility index (Phi) is 4.56. The van der Waals surface area contributed by atoms with Crippen molar-refractivity contribution in [3.63, 3.8) is 0 Å². The lowest BCUT2D eigenvalue weighted by Crippen LogP contribution is -2.02. The van der Waals surface area contributed by atoms with Gasteiger partial charge in [0, 0.05) is 16.3 Å². The number of ether oxygens (including phenoxy) is 1. The summed E-state index contributed by atoms with van der Waals surface area (Å²) in [7, 11) is 0. The molecule has 0 aliphatic rings. The molecule has 2 aromatic carbocycles. The Balaban J connectivity index is 2.18. The van der Waals surface area contributed by atoms with Gasteiger partial charge in [0.05, 0.1) is 0 Å². The largest absolute Gasteiger partial charge is 0.489 e. The van der Waals surface area contributed by atoms with E-state index in [9.17, 15) is 0 Å². The summed E-state index contributed by atoms with van der Waals surface area (Å²) in [5, 5.41) is 0.672. The molecule has 0 atom stereocenters. The molecule has 0 aliphatic heterocycles. The summed E-state index contributed by atoms with van der Waals surface area (Å²) < 4.78 is 5.91. The Morgan fingerprint density at radius 1 is 1.15 bits per heavy atom. The molecule has 0 radical (unpaired) electrons. The zero-order valence-electron chi connectivity index (χ0n) is 12.1. The second kappa shape index (κ2) is 6.19. The van der Waals surface area contributed by atoms with Gasteiger partial charge in [-0.15, -0.1) is 0 Å². The molecular weight excluding hydrogens is 270 g/mol. The Hall–Kier alpha value is -1.67. The molecule has 2 N–H and O–H groups in total. The summed E-state index contributed by atoms with van der Waals surface area (Å²) in [6.45, 7) is 6.81. The summed E-state index contributed by atoms with van der Waals surface area (Å²) >= 11 is 5.99. The van der Waals surface area contributed by atoms with Crippen molar-refractivity contribution in [3.8, 4) is 5.75 Å². The van der Waals surface area contributed by atoms with Crippen molar-refractivity contribution >= 4 is 17.3 Å². The van der Waals surface area contributed by atoms with Gasteiger partial charge < -0.3 is 10.5 Å². The molecule has 0 heterocycles. The minimum Gasteiger partial charge on any atom is -0.489 e. The lowest BCUT2D eigenvalue weighted by molar-refractivity contribution is 0.304. The van der Waals surface area contributed by atoms with Crippen LogP contribution in [0.25, 0.3) is 0 Å². The van der Waals surface area contributed by atoms with Crippen LogP contribution in [-0.4, -0.2) is 0 Å². The van der Waals surface area contributed by atoms with Crippen LogP contribution in [-0.2, 0) is 6.61 Å². The highest BCUT2D eigenvalue weighted by Gasteiger charge is 2.07. The lowest BCUT2D eigenvalue weighted by atomic mass is 10.0. The average Bonchev–Trinajstić information content (AvgIpc) is 2.41. The standard InChI is InChI=1S/C17H20ClNO/c1-11(2)13-5-4-12(3)17(9-13)20-10-14-8-15(18)6-7-16(14)19/h4-9,11H,10,19H2,1-3H3. The molecule has 2 nitrogen and oxygen atoms in total. The third-order valence-electron chi connectivity index (χ3n) is 3.37. The van der Waals surface area contributed by atoms with Gasteiger partial charge in [0.1, 0.15) is 12.4 Å². The maximum Gasteiger partial charge on any atom is 0.123 e. The van der Waals surface area contributed by atoms with Crippen molar-refractivity contribution in [1.29, 1.82) is 0 Å². The molecule has 0 aliphatic carbocycles. The molecule has 0 amide bonds. The van der Waals surface area contributed by atoms with Gasteiger partial charge in [-0.25, -0.2) is 0 Å². The van der Waals surface area contributed by atoms with Crippen LogP contribution >= 0.6 is 11.6 Å². The molecule has 3 heteroatoms. The zero-order valence-corrected chi connectivity index (χ0v) is 12.9. The van der Waals surface area contributed by atoms with E-state index >= 15 is 0 Å². The van der Waals surface area contributed by atoms with Crippen LogP contribution in [0.1, 0.15) is 36.5 Å². The second-order valence-electron chi connectivity index (χ2n) is 5.31. The van der Waals surface area contributed by atoms with E-state index < -0.39 is 0 Å². The smallest absolute Gasteiger partial charge is 0.123 e. The van der Waals surface area contributed by atoms with Gasteiger partial charge in [-0.1, -0.05) is 37.6 Å². The predicted molar refractivity (Wildman–Crippen MR) is 85.5 cm³/mol. The van der Waals surface area contributed by atoms with E-state index in [1.165, 1.54) is 5.56 Å². The number of halogens is 1. The van der Waals surface area contributed by atoms with Crippen LogP contribution in [0.3, 0.4) is 0 Å². The molecule has 0 fully saturated rings. The van der Waals surface area contributed by atoms with Gasteiger partial charge in [-0.05, 0) is 48.2 Å². The number of anilines is 1. The van der Waals surface area contributed by atoms with Gasteiger partial charge in [0.15, 0.2) is 0 Å². The maximum absolute atomic E-state index is 5.99. The van der Waals surface area contributed by atoms with Crippen LogP contribution in [0, 0.1) is 6.92 Å². The molecule has 0 aromatic heterocycles. The van der Waals surface area contributed by atoms with E-state index in [0.29, 0.717) is 23.2 Å². The fourth-order valence-corrected chi connectivity index (χ4v) is 2.18. The number of hydrogen-bond donors (Lipinski definition) is 1. The zero-order chi connectivity index (χ0) is 14.7. The maximum atomic E-state index is 5.99. The van der Waals surface area contributed by atoms with Gasteiger partial charge >= 0.3 is 0 Å². The molecule has 20 heavy (non-hydrogen) atoms. The summed E-state index contributed by atoms with van der Waals surface area (Å²) in [4.78, 5) is 0. The van der Waals surface area contributed by atoms with E-state index in [1.54, 1.807) is 12.1 Å². The Labute approximate surface area is 125 Å². The van der Waals surface area contributed by atoms with Crippen molar-refractivity contribution in [2.75, 3.05) is 5.73 Å². The molecule has 0 saturated heterocycles.